The molecule has 0 bridgehead atoms. The molecule has 0 aromatic carbocycles. The van der Waals surface area contributed by atoms with E-state index in [0.29, 0.717) is 12.2 Å². The van der Waals surface area contributed by atoms with Gasteiger partial charge in [-0.25, -0.2) is 0 Å². The Morgan fingerprint density at radius 3 is 2.67 bits per heavy atom. The lowest BCUT2D eigenvalue weighted by molar-refractivity contribution is -0.117. The standard InChI is InChI=1S/C10H16N4O/c1-14-12-9(11-13-14)7-10(8-15)5-3-2-4-6-10/h8H,2-7H2,1H3. The summed E-state index contributed by atoms with van der Waals surface area (Å²) in [6, 6.07) is 0. The Hall–Kier alpha value is -1.26. The van der Waals surface area contributed by atoms with Crippen molar-refractivity contribution in [2.45, 2.75) is 38.5 Å². The van der Waals surface area contributed by atoms with Crippen molar-refractivity contribution in [3.8, 4) is 0 Å². The van der Waals surface area contributed by atoms with Crippen LogP contribution in [0.2, 0.25) is 0 Å². The maximum atomic E-state index is 11.2. The highest BCUT2D eigenvalue weighted by molar-refractivity contribution is 5.60. The van der Waals surface area contributed by atoms with E-state index in [9.17, 15) is 4.79 Å². The molecular weight excluding hydrogens is 192 g/mol. The van der Waals surface area contributed by atoms with Gasteiger partial charge in [0.25, 0.3) is 0 Å². The second-order valence-corrected chi connectivity index (χ2v) is 4.41. The van der Waals surface area contributed by atoms with E-state index in [2.05, 4.69) is 15.4 Å². The first-order valence-corrected chi connectivity index (χ1v) is 5.43. The van der Waals surface area contributed by atoms with Gasteiger partial charge in [0.15, 0.2) is 5.82 Å². The maximum absolute atomic E-state index is 11.2. The normalized spacial score (nSPS) is 20.1. The van der Waals surface area contributed by atoms with Crippen LogP contribution in [0.5, 0.6) is 0 Å². The van der Waals surface area contributed by atoms with E-state index in [1.807, 2.05) is 0 Å². The molecule has 1 aromatic rings. The van der Waals surface area contributed by atoms with Crippen LogP contribution in [0.1, 0.15) is 37.9 Å². The molecule has 0 atom stereocenters. The van der Waals surface area contributed by atoms with Crippen molar-refractivity contribution in [1.29, 1.82) is 0 Å². The molecule has 0 unspecified atom stereocenters. The van der Waals surface area contributed by atoms with Gasteiger partial charge in [-0.1, -0.05) is 19.3 Å². The molecule has 0 saturated heterocycles. The van der Waals surface area contributed by atoms with Crippen molar-refractivity contribution < 1.29 is 4.79 Å². The molecule has 0 N–H and O–H groups in total. The number of nitrogens with zero attached hydrogens (tertiary/aromatic N) is 4. The third-order valence-corrected chi connectivity index (χ3v) is 3.16. The Labute approximate surface area is 88.9 Å². The molecule has 1 aliphatic carbocycles. The summed E-state index contributed by atoms with van der Waals surface area (Å²) in [5, 5.41) is 11.9. The maximum Gasteiger partial charge on any atom is 0.175 e. The summed E-state index contributed by atoms with van der Waals surface area (Å²) in [6.45, 7) is 0. The predicted molar refractivity (Wildman–Crippen MR) is 54.1 cm³/mol. The minimum atomic E-state index is -0.221. The van der Waals surface area contributed by atoms with E-state index < -0.39 is 0 Å². The third-order valence-electron chi connectivity index (χ3n) is 3.16. The molecule has 1 saturated carbocycles. The topological polar surface area (TPSA) is 60.7 Å². The van der Waals surface area contributed by atoms with E-state index in [1.165, 1.54) is 11.2 Å². The lowest BCUT2D eigenvalue weighted by Crippen LogP contribution is -2.28. The number of tetrazole rings is 1. The molecule has 0 spiro atoms. The number of hydrogen-bond acceptors (Lipinski definition) is 4. The zero-order valence-corrected chi connectivity index (χ0v) is 9.02. The summed E-state index contributed by atoms with van der Waals surface area (Å²) in [6.07, 6.45) is 7.19. The molecule has 1 fully saturated rings. The van der Waals surface area contributed by atoms with Gasteiger partial charge in [0, 0.05) is 11.8 Å². The summed E-state index contributed by atoms with van der Waals surface area (Å²) >= 11 is 0. The van der Waals surface area contributed by atoms with Crippen LogP contribution in [-0.4, -0.2) is 26.5 Å². The zero-order valence-electron chi connectivity index (χ0n) is 9.02. The Kier molecular flexibility index (Phi) is 2.79. The predicted octanol–water partition coefficient (Wildman–Crippen LogP) is 0.902. The van der Waals surface area contributed by atoms with Crippen LogP contribution in [0.25, 0.3) is 0 Å². The molecule has 82 valence electrons. The van der Waals surface area contributed by atoms with Crippen LogP contribution in [0.4, 0.5) is 0 Å². The molecule has 0 aliphatic heterocycles. The van der Waals surface area contributed by atoms with Crippen molar-refractivity contribution in [3.05, 3.63) is 5.82 Å². The molecule has 1 heterocycles. The smallest absolute Gasteiger partial charge is 0.175 e. The highest BCUT2D eigenvalue weighted by Crippen LogP contribution is 2.36. The molecule has 15 heavy (non-hydrogen) atoms. The largest absolute Gasteiger partial charge is 0.303 e. The number of carbonyl (C=O) groups is 1. The summed E-state index contributed by atoms with van der Waals surface area (Å²) in [4.78, 5) is 12.7. The number of rotatable bonds is 3. The van der Waals surface area contributed by atoms with Crippen LogP contribution in [-0.2, 0) is 18.3 Å². The molecule has 1 aromatic heterocycles. The van der Waals surface area contributed by atoms with Crippen LogP contribution in [0.15, 0.2) is 0 Å². The molecular formula is C10H16N4O. The van der Waals surface area contributed by atoms with Crippen LogP contribution in [0, 0.1) is 5.41 Å². The lowest BCUT2D eigenvalue weighted by Gasteiger charge is -2.30. The minimum absolute atomic E-state index is 0.221. The van der Waals surface area contributed by atoms with Gasteiger partial charge >= 0.3 is 0 Å². The average Bonchev–Trinajstić information content (AvgIpc) is 2.65. The second-order valence-electron chi connectivity index (χ2n) is 4.41. The number of aryl methyl sites for hydroxylation is 1. The molecule has 0 radical (unpaired) electrons. The Bertz CT molecular complexity index is 341. The van der Waals surface area contributed by atoms with Crippen molar-refractivity contribution >= 4 is 6.29 Å². The van der Waals surface area contributed by atoms with Gasteiger partial charge in [-0.05, 0) is 18.1 Å². The number of hydrogen-bond donors (Lipinski definition) is 0. The molecule has 1 aliphatic rings. The summed E-state index contributed by atoms with van der Waals surface area (Å²) in [5.41, 5.74) is -0.221. The molecule has 5 nitrogen and oxygen atoms in total. The van der Waals surface area contributed by atoms with Crippen molar-refractivity contribution in [1.82, 2.24) is 20.2 Å². The molecule has 2 rings (SSSR count). The average molecular weight is 208 g/mol. The highest BCUT2D eigenvalue weighted by Gasteiger charge is 2.33. The van der Waals surface area contributed by atoms with Gasteiger partial charge in [-0.3, -0.25) is 0 Å². The van der Waals surface area contributed by atoms with E-state index in [0.717, 1.165) is 32.0 Å². The number of aromatic nitrogens is 4. The van der Waals surface area contributed by atoms with Crippen LogP contribution in [0.3, 0.4) is 0 Å². The van der Waals surface area contributed by atoms with E-state index in [-0.39, 0.29) is 5.41 Å². The Morgan fingerprint density at radius 2 is 2.13 bits per heavy atom. The van der Waals surface area contributed by atoms with E-state index in [4.69, 9.17) is 0 Å². The summed E-state index contributed by atoms with van der Waals surface area (Å²) in [5.74, 6) is 0.687. The monoisotopic (exact) mass is 208 g/mol. The van der Waals surface area contributed by atoms with Gasteiger partial charge < -0.3 is 4.79 Å². The van der Waals surface area contributed by atoms with Crippen molar-refractivity contribution in [2.24, 2.45) is 12.5 Å². The zero-order chi connectivity index (χ0) is 10.7. The summed E-state index contributed by atoms with van der Waals surface area (Å²) < 4.78 is 0. The van der Waals surface area contributed by atoms with Crippen molar-refractivity contribution in [3.63, 3.8) is 0 Å². The van der Waals surface area contributed by atoms with Crippen molar-refractivity contribution in [2.75, 3.05) is 0 Å². The first kappa shape index (κ1) is 10.3. The SMILES string of the molecule is Cn1nnc(CC2(C=O)CCCCC2)n1. The molecule has 0 amide bonds. The Balaban J connectivity index is 2.10. The van der Waals surface area contributed by atoms with Gasteiger partial charge in [-0.15, -0.1) is 10.2 Å². The fraction of sp³-hybridized carbons (Fsp3) is 0.800. The first-order valence-electron chi connectivity index (χ1n) is 5.43. The summed E-state index contributed by atoms with van der Waals surface area (Å²) in [7, 11) is 1.74. The first-order chi connectivity index (χ1) is 7.24. The van der Waals surface area contributed by atoms with Gasteiger partial charge in [-0.2, -0.15) is 4.80 Å². The fourth-order valence-corrected chi connectivity index (χ4v) is 2.30. The highest BCUT2D eigenvalue weighted by atomic mass is 16.1. The van der Waals surface area contributed by atoms with E-state index in [1.54, 1.807) is 7.05 Å². The quantitative estimate of drug-likeness (QED) is 0.692. The third kappa shape index (κ3) is 2.22. The lowest BCUT2D eigenvalue weighted by atomic mass is 9.73. The van der Waals surface area contributed by atoms with E-state index >= 15 is 0 Å². The van der Waals surface area contributed by atoms with Crippen LogP contribution >= 0.6 is 0 Å². The van der Waals surface area contributed by atoms with Gasteiger partial charge in [0.05, 0.1) is 7.05 Å². The van der Waals surface area contributed by atoms with Gasteiger partial charge in [0.2, 0.25) is 0 Å². The Morgan fingerprint density at radius 1 is 1.40 bits per heavy atom. The van der Waals surface area contributed by atoms with Crippen LogP contribution < -0.4 is 0 Å². The minimum Gasteiger partial charge on any atom is -0.303 e. The fourth-order valence-electron chi connectivity index (χ4n) is 2.30. The van der Waals surface area contributed by atoms with Gasteiger partial charge in [0.1, 0.15) is 6.29 Å². The second kappa shape index (κ2) is 4.08. The molecule has 5 heteroatoms. The number of aldehydes is 1. The number of carbonyl (C=O) groups excluding carboxylic acids is 1.